The fourth-order valence-electron chi connectivity index (χ4n) is 3.19. The molecule has 122 valence electrons. The average molecular weight is 310 g/mol. The number of rotatable bonds is 7. The van der Waals surface area contributed by atoms with E-state index in [1.807, 2.05) is 18.2 Å². The molecule has 0 saturated heterocycles. The molecule has 0 saturated carbocycles. The standard InChI is InChI=1S/C20H26N2O/c1-2-16-7-8-18-15-19(10-9-17(18)14-16)23-13-5-12-22-20-6-3-4-11-21-20/h3-4,6,9-11,15-16H,2,5,7-8,12-14H2,1H3,(H,21,22). The van der Waals surface area contributed by atoms with Gasteiger partial charge in [0, 0.05) is 12.7 Å². The summed E-state index contributed by atoms with van der Waals surface area (Å²) in [5.41, 5.74) is 3.01. The van der Waals surface area contributed by atoms with Crippen LogP contribution in [0.5, 0.6) is 5.75 Å². The van der Waals surface area contributed by atoms with E-state index in [0.717, 1.165) is 37.1 Å². The van der Waals surface area contributed by atoms with Crippen LogP contribution in [0, 0.1) is 5.92 Å². The van der Waals surface area contributed by atoms with E-state index in [1.165, 1.54) is 36.8 Å². The Hall–Kier alpha value is -2.03. The first-order chi connectivity index (χ1) is 11.3. The molecule has 1 aromatic heterocycles. The first-order valence-corrected chi connectivity index (χ1v) is 8.74. The molecule has 23 heavy (non-hydrogen) atoms. The van der Waals surface area contributed by atoms with Gasteiger partial charge in [0.1, 0.15) is 11.6 Å². The third-order valence-electron chi connectivity index (χ3n) is 4.65. The molecule has 1 aliphatic rings. The first-order valence-electron chi connectivity index (χ1n) is 8.74. The van der Waals surface area contributed by atoms with Gasteiger partial charge < -0.3 is 10.1 Å². The van der Waals surface area contributed by atoms with Gasteiger partial charge in [-0.25, -0.2) is 4.98 Å². The molecule has 3 nitrogen and oxygen atoms in total. The number of nitrogens with zero attached hydrogens (tertiary/aromatic N) is 1. The van der Waals surface area contributed by atoms with E-state index >= 15 is 0 Å². The van der Waals surface area contributed by atoms with Crippen LogP contribution in [0.25, 0.3) is 0 Å². The van der Waals surface area contributed by atoms with Crippen molar-refractivity contribution in [2.75, 3.05) is 18.5 Å². The highest BCUT2D eigenvalue weighted by atomic mass is 16.5. The molecule has 3 heteroatoms. The Morgan fingerprint density at radius 2 is 2.17 bits per heavy atom. The van der Waals surface area contributed by atoms with Gasteiger partial charge in [-0.2, -0.15) is 0 Å². The zero-order valence-electron chi connectivity index (χ0n) is 13.9. The van der Waals surface area contributed by atoms with Crippen molar-refractivity contribution in [1.82, 2.24) is 4.98 Å². The normalized spacial score (nSPS) is 16.7. The molecular formula is C20H26N2O. The van der Waals surface area contributed by atoms with Crippen LogP contribution >= 0.6 is 0 Å². The topological polar surface area (TPSA) is 34.1 Å². The Kier molecular flexibility index (Phi) is 5.51. The van der Waals surface area contributed by atoms with Crippen LogP contribution in [0.4, 0.5) is 5.82 Å². The van der Waals surface area contributed by atoms with Crippen LogP contribution in [0.2, 0.25) is 0 Å². The fraction of sp³-hybridized carbons (Fsp3) is 0.450. The van der Waals surface area contributed by atoms with Crippen molar-refractivity contribution in [2.45, 2.75) is 39.0 Å². The third-order valence-corrected chi connectivity index (χ3v) is 4.65. The number of nitrogens with one attached hydrogen (secondary N) is 1. The number of pyridine rings is 1. The van der Waals surface area contributed by atoms with E-state index in [2.05, 4.69) is 35.4 Å². The van der Waals surface area contributed by atoms with Gasteiger partial charge in [-0.15, -0.1) is 0 Å². The molecule has 0 spiro atoms. The minimum absolute atomic E-state index is 0.732. The summed E-state index contributed by atoms with van der Waals surface area (Å²) in [4.78, 5) is 4.24. The van der Waals surface area contributed by atoms with Crippen molar-refractivity contribution in [3.63, 3.8) is 0 Å². The maximum Gasteiger partial charge on any atom is 0.125 e. The summed E-state index contributed by atoms with van der Waals surface area (Å²) in [6, 6.07) is 12.5. The van der Waals surface area contributed by atoms with Crippen molar-refractivity contribution in [3.05, 3.63) is 53.7 Å². The number of hydrogen-bond donors (Lipinski definition) is 1. The van der Waals surface area contributed by atoms with Gasteiger partial charge in [-0.1, -0.05) is 25.5 Å². The van der Waals surface area contributed by atoms with Crippen LogP contribution in [0.3, 0.4) is 0 Å². The zero-order valence-corrected chi connectivity index (χ0v) is 13.9. The second-order valence-electron chi connectivity index (χ2n) is 6.29. The fourth-order valence-corrected chi connectivity index (χ4v) is 3.19. The summed E-state index contributed by atoms with van der Waals surface area (Å²) in [6.45, 7) is 3.91. The SMILES string of the molecule is CCC1CCc2cc(OCCCNc3ccccn3)ccc2C1. The van der Waals surface area contributed by atoms with Crippen LogP contribution in [0.1, 0.15) is 37.3 Å². The maximum absolute atomic E-state index is 5.90. The summed E-state index contributed by atoms with van der Waals surface area (Å²) in [7, 11) is 0. The Labute approximate surface area is 139 Å². The van der Waals surface area contributed by atoms with Crippen LogP contribution < -0.4 is 10.1 Å². The first kappa shape index (κ1) is 15.9. The molecule has 2 aromatic rings. The van der Waals surface area contributed by atoms with Gasteiger partial charge in [-0.3, -0.25) is 0 Å². The zero-order chi connectivity index (χ0) is 15.9. The van der Waals surface area contributed by atoms with E-state index in [-0.39, 0.29) is 0 Å². The van der Waals surface area contributed by atoms with Gasteiger partial charge in [-0.05, 0) is 67.0 Å². The molecule has 1 N–H and O–H groups in total. The Bertz CT molecular complexity index is 612. The minimum Gasteiger partial charge on any atom is -0.494 e. The molecule has 0 fully saturated rings. The number of aryl methyl sites for hydroxylation is 1. The summed E-state index contributed by atoms with van der Waals surface area (Å²) in [6.07, 6.45) is 7.81. The van der Waals surface area contributed by atoms with Crippen molar-refractivity contribution in [3.8, 4) is 5.75 Å². The van der Waals surface area contributed by atoms with E-state index < -0.39 is 0 Å². The number of hydrogen-bond acceptors (Lipinski definition) is 3. The van der Waals surface area contributed by atoms with Crippen molar-refractivity contribution >= 4 is 5.82 Å². The minimum atomic E-state index is 0.732. The Morgan fingerprint density at radius 3 is 3.00 bits per heavy atom. The van der Waals surface area contributed by atoms with E-state index in [9.17, 15) is 0 Å². The van der Waals surface area contributed by atoms with Crippen LogP contribution in [-0.2, 0) is 12.8 Å². The predicted octanol–water partition coefficient (Wildman–Crippen LogP) is 4.48. The summed E-state index contributed by atoms with van der Waals surface area (Å²) in [5, 5.41) is 3.30. The van der Waals surface area contributed by atoms with Crippen LogP contribution in [-0.4, -0.2) is 18.1 Å². The molecule has 0 amide bonds. The molecule has 1 aromatic carbocycles. The molecule has 0 bridgehead atoms. The van der Waals surface area contributed by atoms with Gasteiger partial charge in [0.05, 0.1) is 6.61 Å². The van der Waals surface area contributed by atoms with Gasteiger partial charge in [0.15, 0.2) is 0 Å². The second-order valence-corrected chi connectivity index (χ2v) is 6.29. The molecule has 0 radical (unpaired) electrons. The van der Waals surface area contributed by atoms with Crippen molar-refractivity contribution < 1.29 is 4.74 Å². The number of ether oxygens (including phenoxy) is 1. The number of aromatic nitrogens is 1. The number of benzene rings is 1. The number of fused-ring (bicyclic) bond motifs is 1. The predicted molar refractivity (Wildman–Crippen MR) is 95.1 cm³/mol. The molecule has 1 heterocycles. The second kappa shape index (κ2) is 8.00. The quantitative estimate of drug-likeness (QED) is 0.766. The molecule has 3 rings (SSSR count). The van der Waals surface area contributed by atoms with Gasteiger partial charge in [0.25, 0.3) is 0 Å². The third kappa shape index (κ3) is 4.47. The highest BCUT2D eigenvalue weighted by molar-refractivity contribution is 5.37. The molecule has 1 aliphatic carbocycles. The van der Waals surface area contributed by atoms with E-state index in [0.29, 0.717) is 0 Å². The molecular weight excluding hydrogens is 284 g/mol. The highest BCUT2D eigenvalue weighted by Gasteiger charge is 2.17. The Morgan fingerprint density at radius 1 is 1.22 bits per heavy atom. The van der Waals surface area contributed by atoms with Gasteiger partial charge in [0.2, 0.25) is 0 Å². The molecule has 0 aliphatic heterocycles. The monoisotopic (exact) mass is 310 g/mol. The number of anilines is 1. The highest BCUT2D eigenvalue weighted by Crippen LogP contribution is 2.30. The van der Waals surface area contributed by atoms with E-state index in [4.69, 9.17) is 4.74 Å². The van der Waals surface area contributed by atoms with Crippen LogP contribution in [0.15, 0.2) is 42.6 Å². The maximum atomic E-state index is 5.90. The van der Waals surface area contributed by atoms with Gasteiger partial charge >= 0.3 is 0 Å². The average Bonchev–Trinajstić information content (AvgIpc) is 2.62. The smallest absolute Gasteiger partial charge is 0.125 e. The van der Waals surface area contributed by atoms with Crippen molar-refractivity contribution in [2.24, 2.45) is 5.92 Å². The lowest BCUT2D eigenvalue weighted by Crippen LogP contribution is -2.13. The summed E-state index contributed by atoms with van der Waals surface area (Å²) >= 11 is 0. The van der Waals surface area contributed by atoms with E-state index in [1.54, 1.807) is 6.20 Å². The lowest BCUT2D eigenvalue weighted by Gasteiger charge is -2.24. The lowest BCUT2D eigenvalue weighted by molar-refractivity contribution is 0.314. The largest absolute Gasteiger partial charge is 0.494 e. The van der Waals surface area contributed by atoms with Crippen molar-refractivity contribution in [1.29, 1.82) is 0 Å². The molecule has 1 unspecified atom stereocenters. The Balaban J connectivity index is 1.42. The summed E-state index contributed by atoms with van der Waals surface area (Å²) in [5.74, 6) is 2.80. The summed E-state index contributed by atoms with van der Waals surface area (Å²) < 4.78 is 5.90. The molecule has 1 atom stereocenters. The lowest BCUT2D eigenvalue weighted by atomic mass is 9.82.